The van der Waals surface area contributed by atoms with Gasteiger partial charge >= 0.3 is 0 Å². The molecule has 2 atom stereocenters. The van der Waals surface area contributed by atoms with Crippen LogP contribution in [0.4, 0.5) is 0 Å². The number of ether oxygens (including phenoxy) is 1. The lowest BCUT2D eigenvalue weighted by atomic mass is 9.93. The van der Waals surface area contributed by atoms with E-state index in [-0.39, 0.29) is 0 Å². The van der Waals surface area contributed by atoms with E-state index in [9.17, 15) is 0 Å². The van der Waals surface area contributed by atoms with Crippen LogP contribution in [0.2, 0.25) is 25.7 Å². The lowest BCUT2D eigenvalue weighted by molar-refractivity contribution is 0.0899. The molecule has 58 heavy (non-hydrogen) atoms. The number of nitrogens with zero attached hydrogens (tertiary/aromatic N) is 11. The van der Waals surface area contributed by atoms with Gasteiger partial charge in [0.2, 0.25) is 0 Å². The van der Waals surface area contributed by atoms with Crippen LogP contribution < -0.4 is 0 Å². The van der Waals surface area contributed by atoms with Gasteiger partial charge in [-0.2, -0.15) is 0 Å². The number of aromatic nitrogens is 10. The number of hydrogen-bond acceptors (Lipinski definition) is 9. The van der Waals surface area contributed by atoms with Crippen molar-refractivity contribution >= 4 is 41.2 Å². The van der Waals surface area contributed by atoms with Crippen LogP contribution in [0.3, 0.4) is 0 Å². The fraction of sp³-hybridized carbons (Fsp3) is 0.409. The van der Waals surface area contributed by atoms with Gasteiger partial charge in [-0.15, -0.1) is 10.2 Å². The first-order valence-corrected chi connectivity index (χ1v) is 24.5. The third kappa shape index (κ3) is 8.46. The summed E-state index contributed by atoms with van der Waals surface area (Å²) in [6.45, 7) is 14.7. The summed E-state index contributed by atoms with van der Waals surface area (Å²) >= 11 is 0. The van der Waals surface area contributed by atoms with Gasteiger partial charge in [0.05, 0.1) is 11.4 Å². The Morgan fingerprint density at radius 1 is 0.707 bits per heavy atom. The molecule has 2 fully saturated rings. The van der Waals surface area contributed by atoms with Crippen molar-refractivity contribution < 1.29 is 4.74 Å². The summed E-state index contributed by atoms with van der Waals surface area (Å²) in [5.41, 5.74) is 8.95. The van der Waals surface area contributed by atoms with Crippen LogP contribution >= 0.6 is 0 Å². The van der Waals surface area contributed by atoms with Crippen LogP contribution in [0.25, 0.3) is 33.1 Å². The second-order valence-corrected chi connectivity index (χ2v) is 22.9. The number of hydrogen-bond donors (Lipinski definition) is 1. The molecule has 0 saturated carbocycles. The van der Waals surface area contributed by atoms with Crippen LogP contribution in [-0.4, -0.2) is 99.8 Å². The lowest BCUT2D eigenvalue weighted by Crippen LogP contribution is -2.34. The molecule has 0 spiro atoms. The first-order chi connectivity index (χ1) is 28.4. The minimum absolute atomic E-state index is 0.377. The zero-order chi connectivity index (χ0) is 39.5. The second-order valence-electron chi connectivity index (χ2n) is 17.3. The van der Waals surface area contributed by atoms with E-state index in [0.29, 0.717) is 18.6 Å². The number of nitrogens with one attached hydrogen (secondary N) is 1. The molecule has 300 valence electrons. The molecule has 2 aliphatic rings. The van der Waals surface area contributed by atoms with Gasteiger partial charge in [-0.3, -0.25) is 9.80 Å². The Hall–Kier alpha value is -5.28. The van der Waals surface area contributed by atoms with Crippen molar-refractivity contribution in [2.75, 3.05) is 32.8 Å². The number of piperidine rings is 2. The molecule has 2 aliphatic heterocycles. The van der Waals surface area contributed by atoms with E-state index in [1.165, 1.54) is 30.0 Å². The van der Waals surface area contributed by atoms with Crippen molar-refractivity contribution in [1.29, 1.82) is 0 Å². The van der Waals surface area contributed by atoms with Crippen molar-refractivity contribution in [3.63, 3.8) is 0 Å². The predicted molar refractivity (Wildman–Crippen MR) is 230 cm³/mol. The maximum absolute atomic E-state index is 5.99. The molecule has 0 amide bonds. The average molecular weight is 795 g/mol. The van der Waals surface area contributed by atoms with Crippen LogP contribution in [0, 0.1) is 0 Å². The minimum atomic E-state index is -1.09. The minimum Gasteiger partial charge on any atom is -0.361 e. The summed E-state index contributed by atoms with van der Waals surface area (Å²) in [7, 11) is -1.09. The summed E-state index contributed by atoms with van der Waals surface area (Å²) in [6, 6.07) is 26.8. The van der Waals surface area contributed by atoms with Gasteiger partial charge in [0, 0.05) is 75.9 Å². The monoisotopic (exact) mass is 794 g/mol. The van der Waals surface area contributed by atoms with E-state index in [1.54, 1.807) is 12.7 Å². The zero-order valence-electron chi connectivity index (χ0n) is 33.9. The fourth-order valence-electron chi connectivity index (χ4n) is 8.69. The van der Waals surface area contributed by atoms with Crippen molar-refractivity contribution in [2.45, 2.75) is 83.0 Å². The summed E-state index contributed by atoms with van der Waals surface area (Å²) < 4.78 is 11.7. The maximum Gasteiger partial charge on any atom is 0.145 e. The Kier molecular flexibility index (Phi) is 11.1. The third-order valence-corrected chi connectivity index (χ3v) is 13.4. The number of rotatable bonds is 11. The van der Waals surface area contributed by atoms with Crippen LogP contribution in [-0.2, 0) is 24.6 Å². The van der Waals surface area contributed by atoms with Gasteiger partial charge in [-0.25, -0.2) is 19.0 Å². The van der Waals surface area contributed by atoms with Crippen molar-refractivity contribution in [1.82, 2.24) is 59.0 Å². The molecule has 0 aliphatic carbocycles. The summed E-state index contributed by atoms with van der Waals surface area (Å²) in [6.07, 6.45) is 12.2. The first-order valence-electron chi connectivity index (χ1n) is 20.8. The van der Waals surface area contributed by atoms with Crippen LogP contribution in [0.1, 0.15) is 60.0 Å². The van der Waals surface area contributed by atoms with E-state index >= 15 is 0 Å². The SMILES string of the molecule is C[Si](C)(C)CCOCn1ccc2c1ncn1nnc(C3CCCN(Cc4ccccc4)C3)c21.c1ccc(CN2CCCC(c3nnn4cnc5[nH]ccc5c34)C2)cc1. The normalized spacial score (nSPS) is 18.3. The maximum atomic E-state index is 5.99. The third-order valence-electron chi connectivity index (χ3n) is 11.7. The fourth-order valence-corrected chi connectivity index (χ4v) is 9.45. The molecule has 2 unspecified atom stereocenters. The molecule has 13 nitrogen and oxygen atoms in total. The van der Waals surface area contributed by atoms with Crippen molar-refractivity contribution in [3.05, 3.63) is 120 Å². The average Bonchev–Trinajstić information content (AvgIpc) is 4.06. The molecular formula is C44H54N12OSi. The van der Waals surface area contributed by atoms with Gasteiger partial charge in [0.15, 0.2) is 0 Å². The Balaban J connectivity index is 0.000000156. The molecule has 2 aromatic carbocycles. The highest BCUT2D eigenvalue weighted by Crippen LogP contribution is 2.33. The number of fused-ring (bicyclic) bond motifs is 6. The molecule has 8 heterocycles. The number of benzene rings is 2. The standard InChI is InChI=1S/C25H34N6OSi.C19H20N6/c1-33(2,3)15-14-32-19-30-13-11-22-24-23(27-28-31(24)18-26-25(22)30)21-10-7-12-29(17-21)16-20-8-5-4-6-9-20;1-2-5-14(6-3-1)11-24-10-4-7-15(12-24)17-18-16-8-9-20-19(16)21-13-25(18)23-22-17/h4-6,8-9,11,13,18,21H,7,10,12,14-17,19H2,1-3H3;1-3,5-6,8-9,13,15,20H,4,7,10-12H2. The predicted octanol–water partition coefficient (Wildman–Crippen LogP) is 7.76. The summed E-state index contributed by atoms with van der Waals surface area (Å²) in [5, 5.41) is 20.1. The Morgan fingerprint density at radius 3 is 1.90 bits per heavy atom. The Morgan fingerprint density at radius 2 is 1.29 bits per heavy atom. The largest absolute Gasteiger partial charge is 0.361 e. The molecule has 1 N–H and O–H groups in total. The lowest BCUT2D eigenvalue weighted by Gasteiger charge is -2.32. The summed E-state index contributed by atoms with van der Waals surface area (Å²) in [4.78, 5) is 17.3. The highest BCUT2D eigenvalue weighted by molar-refractivity contribution is 6.76. The molecule has 0 bridgehead atoms. The van der Waals surface area contributed by atoms with Gasteiger partial charge in [-0.1, -0.05) is 90.7 Å². The van der Waals surface area contributed by atoms with E-state index in [2.05, 4.69) is 149 Å². The Labute approximate surface area is 340 Å². The van der Waals surface area contributed by atoms with E-state index in [0.717, 1.165) is 103 Å². The topological polar surface area (TPSA) is 123 Å². The van der Waals surface area contributed by atoms with Gasteiger partial charge < -0.3 is 14.3 Å². The highest BCUT2D eigenvalue weighted by Gasteiger charge is 2.28. The van der Waals surface area contributed by atoms with Crippen LogP contribution in [0.5, 0.6) is 0 Å². The molecule has 14 heteroatoms. The second kappa shape index (κ2) is 16.9. The van der Waals surface area contributed by atoms with E-state index in [1.807, 2.05) is 15.2 Å². The molecule has 6 aromatic heterocycles. The quantitative estimate of drug-likeness (QED) is 0.103. The molecule has 8 aromatic rings. The number of H-pyrrole nitrogens is 1. The van der Waals surface area contributed by atoms with Crippen molar-refractivity contribution in [3.8, 4) is 0 Å². The van der Waals surface area contributed by atoms with E-state index in [4.69, 9.17) is 4.74 Å². The molecule has 0 radical (unpaired) electrons. The summed E-state index contributed by atoms with van der Waals surface area (Å²) in [5.74, 6) is 0.789. The van der Waals surface area contributed by atoms with Gasteiger partial charge in [0.1, 0.15) is 41.7 Å². The first kappa shape index (κ1) is 38.2. The van der Waals surface area contributed by atoms with Gasteiger partial charge in [0.25, 0.3) is 0 Å². The highest BCUT2D eigenvalue weighted by atomic mass is 28.3. The molecule has 2 saturated heterocycles. The number of aromatic amines is 1. The zero-order valence-corrected chi connectivity index (χ0v) is 34.9. The van der Waals surface area contributed by atoms with Gasteiger partial charge in [-0.05, 0) is 68.1 Å². The van der Waals surface area contributed by atoms with E-state index < -0.39 is 8.07 Å². The smallest absolute Gasteiger partial charge is 0.145 e. The Bertz CT molecular complexity index is 2570. The molecule has 10 rings (SSSR count). The molecular weight excluding hydrogens is 741 g/mol. The van der Waals surface area contributed by atoms with Crippen molar-refractivity contribution in [2.24, 2.45) is 0 Å². The van der Waals surface area contributed by atoms with Crippen LogP contribution in [0.15, 0.2) is 97.8 Å². The number of likely N-dealkylation sites (tertiary alicyclic amines) is 2.